The Morgan fingerprint density at radius 1 is 1.00 bits per heavy atom. The Morgan fingerprint density at radius 3 is 2.09 bits per heavy atom. The van der Waals surface area contributed by atoms with Crippen LogP contribution in [0.25, 0.3) is 21.5 Å². The number of ether oxygens (including phenoxy) is 2. The molecule has 6 rings (SSSR count). The van der Waals surface area contributed by atoms with Gasteiger partial charge in [-0.05, 0) is 60.7 Å². The third kappa shape index (κ3) is 4.46. The third-order valence-electron chi connectivity index (χ3n) is 8.73. The fourth-order valence-corrected chi connectivity index (χ4v) is 7.41. The molecule has 3 fully saturated rings. The van der Waals surface area contributed by atoms with Gasteiger partial charge in [0, 0.05) is 11.5 Å². The Labute approximate surface area is 240 Å². The zero-order valence-electron chi connectivity index (χ0n) is 23.5. The van der Waals surface area contributed by atoms with Crippen LogP contribution in [-0.4, -0.2) is 58.7 Å². The van der Waals surface area contributed by atoms with Crippen LogP contribution < -0.4 is 0 Å². The van der Waals surface area contributed by atoms with E-state index >= 15 is 0 Å². The molecular weight excluding hydrogens is 839 g/mol. The van der Waals surface area contributed by atoms with Crippen LogP contribution in [0.15, 0.2) is 54.6 Å². The van der Waals surface area contributed by atoms with E-state index in [1.54, 1.807) is 49.9 Å². The number of hydrogen-bond acceptors (Lipinski definition) is 8. The van der Waals surface area contributed by atoms with Gasteiger partial charge < -0.3 is 18.9 Å². The molecule has 1 amide bonds. The fraction of sp³-hybridized carbons (Fsp3) is 0.400. The molecule has 1 saturated heterocycles. The van der Waals surface area contributed by atoms with E-state index in [2.05, 4.69) is 4.74 Å². The van der Waals surface area contributed by atoms with Gasteiger partial charge in [-0.2, -0.15) is 0 Å². The molecule has 2 saturated carbocycles. The Bertz CT molecular complexity index is 1700. The first-order valence-electron chi connectivity index (χ1n) is 13.4. The minimum Gasteiger partial charge on any atom is -0.746 e. The maximum absolute atomic E-state index is 14.0. The summed E-state index contributed by atoms with van der Waals surface area (Å²) in [6, 6.07) is 16.0. The quantitative estimate of drug-likeness (QED) is 0.156. The number of carbonyl (C=O) groups excluding carboxylic acids is 3. The van der Waals surface area contributed by atoms with Crippen molar-refractivity contribution in [2.75, 3.05) is 0 Å². The van der Waals surface area contributed by atoms with Crippen LogP contribution >= 0.6 is 0 Å². The second-order valence-corrected chi connectivity index (χ2v) is 13.6. The molecule has 43 heavy (non-hydrogen) atoms. The van der Waals surface area contributed by atoms with Gasteiger partial charge in [0.1, 0.15) is 16.2 Å². The van der Waals surface area contributed by atoms with Gasteiger partial charge >= 0.3 is 5.97 Å². The normalized spacial score (nSPS) is 26.6. The van der Waals surface area contributed by atoms with Crippen LogP contribution in [0, 0.1) is 30.3 Å². The summed E-state index contributed by atoms with van der Waals surface area (Å²) < 4.78 is 70.9. The Kier molecular flexibility index (Phi) is 6.73. The number of rotatable bonds is 6. The number of likely N-dealkylation sites (tertiary alicyclic amines) is 1. The standard InChI is InChI=1S/C30H28F2NO8S.Rf/c1-29(2,3)33-24-19-13-20(23(22(19)26(33)34)27(35)40-14-30(31,32)42(37,38)39)25(24)41-28(36)21-17-10-6-4-8-15(17)12-16-9-5-7-11-18(16)21;/h4-12,14,19-20,22-25H,13H2,1-3H3,(H,37,38,39);/q-1;/p-1. The van der Waals surface area contributed by atoms with Crippen LogP contribution in [0.4, 0.5) is 8.78 Å². The van der Waals surface area contributed by atoms with Gasteiger partial charge in [-0.1, -0.05) is 55.1 Å². The maximum Gasteiger partial charge on any atom is 0.339 e. The van der Waals surface area contributed by atoms with E-state index in [-0.39, 0.29) is 6.42 Å². The number of esters is 2. The molecule has 224 valence electrons. The van der Waals surface area contributed by atoms with E-state index in [0.717, 1.165) is 10.8 Å². The summed E-state index contributed by atoms with van der Waals surface area (Å²) in [5.41, 5.74) is -0.405. The third-order valence-corrected chi connectivity index (χ3v) is 9.49. The number of benzene rings is 3. The number of hydrogen-bond donors (Lipinski definition) is 0. The number of carbonyl (C=O) groups is 3. The van der Waals surface area contributed by atoms with E-state index in [4.69, 9.17) is 4.74 Å². The Balaban J connectivity index is 0.00000368. The number of fused-ring (bicyclic) bond motifs is 3. The maximum atomic E-state index is 14.0. The molecule has 1 heterocycles. The predicted molar refractivity (Wildman–Crippen MR) is 145 cm³/mol. The molecule has 0 aromatic heterocycles. The first kappa shape index (κ1) is 29.8. The van der Waals surface area contributed by atoms with Crippen molar-refractivity contribution >= 4 is 49.5 Å². The molecule has 6 atom stereocenters. The minimum absolute atomic E-state index is 0. The van der Waals surface area contributed by atoms with Gasteiger partial charge in [-0.25, -0.2) is 22.0 Å². The van der Waals surface area contributed by atoms with Gasteiger partial charge in [0.05, 0.1) is 23.4 Å². The first-order valence-corrected chi connectivity index (χ1v) is 14.9. The van der Waals surface area contributed by atoms with E-state index in [1.807, 2.05) is 30.3 Å². The van der Waals surface area contributed by atoms with Crippen LogP contribution in [-0.2, 0) is 29.2 Å². The average Bonchev–Trinajstić information content (AvgIpc) is 3.52. The summed E-state index contributed by atoms with van der Waals surface area (Å²) in [4.78, 5) is 42.4. The number of nitrogens with zero attached hydrogens (tertiary/aromatic N) is 1. The van der Waals surface area contributed by atoms with Gasteiger partial charge in [0.25, 0.3) is 11.2 Å². The second-order valence-electron chi connectivity index (χ2n) is 12.1. The molecular formula is C30H27F2NO8RfS-2. The van der Waals surface area contributed by atoms with Crippen molar-refractivity contribution in [2.24, 2.45) is 23.7 Å². The summed E-state index contributed by atoms with van der Waals surface area (Å²) in [6.07, 6.45) is -0.679. The van der Waals surface area contributed by atoms with Gasteiger partial charge in [-0.15, -0.1) is 0 Å². The number of amides is 1. The molecule has 0 radical (unpaired) electrons. The van der Waals surface area contributed by atoms with Crippen LogP contribution in [0.3, 0.4) is 0 Å². The minimum atomic E-state index is -6.14. The van der Waals surface area contributed by atoms with Crippen molar-refractivity contribution < 1.29 is 45.6 Å². The molecule has 3 aromatic rings. The van der Waals surface area contributed by atoms with Crippen molar-refractivity contribution in [1.29, 1.82) is 0 Å². The summed E-state index contributed by atoms with van der Waals surface area (Å²) in [5, 5.41) is -2.01. The van der Waals surface area contributed by atoms with Crippen molar-refractivity contribution in [1.82, 2.24) is 4.90 Å². The van der Waals surface area contributed by atoms with Gasteiger partial charge in [0.2, 0.25) is 5.91 Å². The molecule has 6 unspecified atom stereocenters. The molecule has 3 aromatic carbocycles. The number of halogens is 2. The van der Waals surface area contributed by atoms with E-state index in [0.29, 0.717) is 16.3 Å². The Morgan fingerprint density at radius 2 is 1.56 bits per heavy atom. The van der Waals surface area contributed by atoms with Gasteiger partial charge in [-0.3, -0.25) is 9.59 Å². The van der Waals surface area contributed by atoms with Gasteiger partial charge in [0.15, 0.2) is 0 Å². The molecule has 2 aliphatic carbocycles. The fourth-order valence-electron chi connectivity index (χ4n) is 7.25. The molecule has 3 aliphatic rings. The van der Waals surface area contributed by atoms with E-state index in [9.17, 15) is 36.1 Å². The van der Waals surface area contributed by atoms with Crippen molar-refractivity contribution in [3.8, 4) is 0 Å². The van der Waals surface area contributed by atoms with Crippen molar-refractivity contribution in [2.45, 2.75) is 50.1 Å². The molecule has 0 spiro atoms. The van der Waals surface area contributed by atoms with E-state index in [1.165, 1.54) is 0 Å². The topological polar surface area (TPSA) is 130 Å². The van der Waals surface area contributed by atoms with Crippen LogP contribution in [0.1, 0.15) is 37.6 Å². The average molecular weight is 867 g/mol. The van der Waals surface area contributed by atoms with Crippen molar-refractivity contribution in [3.63, 3.8) is 0 Å². The monoisotopic (exact) mass is 866 g/mol. The predicted octanol–water partition coefficient (Wildman–Crippen LogP) is 4.25. The summed E-state index contributed by atoms with van der Waals surface area (Å²) in [5.74, 6) is -5.74. The molecule has 13 heteroatoms. The summed E-state index contributed by atoms with van der Waals surface area (Å²) in [7, 11) is -6.14. The Hall–Kier alpha value is -4.64. The molecule has 2 bridgehead atoms. The van der Waals surface area contributed by atoms with Crippen molar-refractivity contribution in [3.05, 3.63) is 66.8 Å². The summed E-state index contributed by atoms with van der Waals surface area (Å²) in [6.45, 7) is 4.81. The smallest absolute Gasteiger partial charge is 0.339 e. The van der Waals surface area contributed by atoms with Crippen LogP contribution in [0.2, 0.25) is 0 Å². The first-order chi connectivity index (χ1) is 19.6. The largest absolute Gasteiger partial charge is 0.746 e. The SMILES string of the molecule is CC(C)(C)N1C(=O)C2C3CC(C(OC(=O)c4c5ccccc5cc5ccccc45)C31)C2C(=O)O[CH-]C(F)(F)S(=O)(=O)[O-].[Rf]. The van der Waals surface area contributed by atoms with Crippen LogP contribution in [0.5, 0.6) is 0 Å². The molecule has 0 N–H and O–H groups in total. The zero-order chi connectivity index (χ0) is 30.4. The second kappa shape index (κ2) is 9.70. The van der Waals surface area contributed by atoms with E-state index < -0.39 is 81.2 Å². The number of alkyl halides is 2. The summed E-state index contributed by atoms with van der Waals surface area (Å²) >= 11 is 0. The molecule has 1 aliphatic heterocycles. The zero-order valence-corrected chi connectivity index (χ0v) is 30.7. The molecule has 9 nitrogen and oxygen atoms in total.